The summed E-state index contributed by atoms with van der Waals surface area (Å²) in [7, 11) is 0. The van der Waals surface area contributed by atoms with Crippen LogP contribution in [0.4, 0.5) is 0 Å². The molecule has 0 aliphatic carbocycles. The first kappa shape index (κ1) is 13.7. The molecule has 1 aromatic rings. The van der Waals surface area contributed by atoms with Crippen LogP contribution in [-0.2, 0) is 0 Å². The number of hydrazine groups is 1. The fourth-order valence-corrected chi connectivity index (χ4v) is 2.06. The third-order valence-corrected chi connectivity index (χ3v) is 3.02. The van der Waals surface area contributed by atoms with E-state index in [1.54, 1.807) is 0 Å². The van der Waals surface area contributed by atoms with E-state index in [1.807, 2.05) is 18.2 Å². The van der Waals surface area contributed by atoms with Gasteiger partial charge in [0.25, 0.3) is 0 Å². The molecule has 5 heteroatoms. The Balaban J connectivity index is 2.09. The van der Waals surface area contributed by atoms with Crippen LogP contribution in [0.2, 0.25) is 0 Å². The van der Waals surface area contributed by atoms with Crippen molar-refractivity contribution in [3.8, 4) is 5.75 Å². The number of para-hydroxylation sites is 1. The molecular formula is C14H22N4O. The SMILES string of the molecule is CC(C)CN=C(NN)NC1CCOc2ccccc21. The summed E-state index contributed by atoms with van der Waals surface area (Å²) in [5.74, 6) is 7.60. The highest BCUT2D eigenvalue weighted by Gasteiger charge is 2.21. The number of hydrogen-bond acceptors (Lipinski definition) is 3. The molecule has 1 aromatic carbocycles. The summed E-state index contributed by atoms with van der Waals surface area (Å²) in [6.45, 7) is 5.71. The van der Waals surface area contributed by atoms with Crippen LogP contribution in [0, 0.1) is 5.92 Å². The summed E-state index contributed by atoms with van der Waals surface area (Å²) >= 11 is 0. The lowest BCUT2D eigenvalue weighted by Gasteiger charge is -2.27. The third kappa shape index (κ3) is 3.61. The van der Waals surface area contributed by atoms with Gasteiger partial charge < -0.3 is 10.1 Å². The second-order valence-corrected chi connectivity index (χ2v) is 5.10. The van der Waals surface area contributed by atoms with Crippen LogP contribution in [0.3, 0.4) is 0 Å². The van der Waals surface area contributed by atoms with E-state index in [4.69, 9.17) is 10.6 Å². The van der Waals surface area contributed by atoms with E-state index < -0.39 is 0 Å². The van der Waals surface area contributed by atoms with Gasteiger partial charge in [0.05, 0.1) is 12.6 Å². The number of nitrogens with two attached hydrogens (primary N) is 1. The van der Waals surface area contributed by atoms with Gasteiger partial charge in [-0.05, 0) is 12.0 Å². The molecule has 1 atom stereocenters. The molecule has 19 heavy (non-hydrogen) atoms. The largest absolute Gasteiger partial charge is 0.493 e. The molecule has 1 unspecified atom stereocenters. The van der Waals surface area contributed by atoms with Crippen LogP contribution in [-0.4, -0.2) is 19.1 Å². The average Bonchev–Trinajstić information content (AvgIpc) is 2.43. The van der Waals surface area contributed by atoms with Crippen molar-refractivity contribution < 1.29 is 4.74 Å². The molecule has 0 radical (unpaired) electrons. The molecular weight excluding hydrogens is 240 g/mol. The molecule has 0 saturated carbocycles. The van der Waals surface area contributed by atoms with Crippen LogP contribution >= 0.6 is 0 Å². The highest BCUT2D eigenvalue weighted by Crippen LogP contribution is 2.31. The summed E-state index contributed by atoms with van der Waals surface area (Å²) in [5.41, 5.74) is 3.79. The number of nitrogens with zero attached hydrogens (tertiary/aromatic N) is 1. The first-order chi connectivity index (χ1) is 9.20. The van der Waals surface area contributed by atoms with Gasteiger partial charge in [0, 0.05) is 18.5 Å². The molecule has 4 N–H and O–H groups in total. The topological polar surface area (TPSA) is 71.7 Å². The molecule has 0 aromatic heterocycles. The minimum absolute atomic E-state index is 0.187. The van der Waals surface area contributed by atoms with Crippen molar-refractivity contribution >= 4 is 5.96 Å². The van der Waals surface area contributed by atoms with Crippen LogP contribution in [0.1, 0.15) is 31.9 Å². The molecule has 104 valence electrons. The van der Waals surface area contributed by atoms with Crippen LogP contribution in [0.5, 0.6) is 5.75 Å². The zero-order valence-electron chi connectivity index (χ0n) is 11.5. The quantitative estimate of drug-likeness (QED) is 0.335. The predicted octanol–water partition coefficient (Wildman–Crippen LogP) is 1.58. The van der Waals surface area contributed by atoms with Crippen LogP contribution < -0.4 is 21.3 Å². The van der Waals surface area contributed by atoms with Crippen molar-refractivity contribution in [2.45, 2.75) is 26.3 Å². The summed E-state index contributed by atoms with van der Waals surface area (Å²) in [5, 5.41) is 3.35. The Morgan fingerprint density at radius 1 is 1.47 bits per heavy atom. The number of aliphatic imine (C=N–C) groups is 1. The summed E-state index contributed by atoms with van der Waals surface area (Å²) in [6.07, 6.45) is 0.902. The standard InChI is InChI=1S/C14H22N4O/c1-10(2)9-16-14(18-15)17-12-7-8-19-13-6-4-3-5-11(12)13/h3-6,10,12H,7-9,15H2,1-2H3,(H2,16,17,18). The zero-order valence-corrected chi connectivity index (χ0v) is 11.5. The van der Waals surface area contributed by atoms with Crippen molar-refractivity contribution in [3.05, 3.63) is 29.8 Å². The van der Waals surface area contributed by atoms with Crippen LogP contribution in [0.15, 0.2) is 29.3 Å². The summed E-state index contributed by atoms with van der Waals surface area (Å²) in [6, 6.07) is 8.25. The second-order valence-electron chi connectivity index (χ2n) is 5.10. The smallest absolute Gasteiger partial charge is 0.206 e. The third-order valence-electron chi connectivity index (χ3n) is 3.02. The average molecular weight is 262 g/mol. The van der Waals surface area contributed by atoms with Crippen molar-refractivity contribution in [2.24, 2.45) is 16.8 Å². The van der Waals surface area contributed by atoms with E-state index in [-0.39, 0.29) is 6.04 Å². The van der Waals surface area contributed by atoms with Gasteiger partial charge in [-0.25, -0.2) is 5.84 Å². The molecule has 0 amide bonds. The van der Waals surface area contributed by atoms with E-state index in [9.17, 15) is 0 Å². The number of guanidine groups is 1. The monoisotopic (exact) mass is 262 g/mol. The fourth-order valence-electron chi connectivity index (χ4n) is 2.06. The molecule has 0 spiro atoms. The molecule has 0 bridgehead atoms. The zero-order chi connectivity index (χ0) is 13.7. The van der Waals surface area contributed by atoms with Gasteiger partial charge >= 0.3 is 0 Å². The fraction of sp³-hybridized carbons (Fsp3) is 0.500. The van der Waals surface area contributed by atoms with E-state index >= 15 is 0 Å². The number of fused-ring (bicyclic) bond motifs is 1. The molecule has 1 aliphatic rings. The Labute approximate surface area is 114 Å². The maximum Gasteiger partial charge on any atom is 0.206 e. The van der Waals surface area contributed by atoms with Crippen molar-refractivity contribution in [1.82, 2.24) is 10.7 Å². The Kier molecular flexibility index (Phi) is 4.63. The molecule has 1 heterocycles. The molecule has 0 fully saturated rings. The highest BCUT2D eigenvalue weighted by atomic mass is 16.5. The first-order valence-corrected chi connectivity index (χ1v) is 6.70. The second kappa shape index (κ2) is 6.43. The van der Waals surface area contributed by atoms with E-state index in [0.29, 0.717) is 18.5 Å². The van der Waals surface area contributed by atoms with Gasteiger partial charge in [0.1, 0.15) is 5.75 Å². The lowest BCUT2D eigenvalue weighted by molar-refractivity contribution is 0.261. The minimum atomic E-state index is 0.187. The van der Waals surface area contributed by atoms with Gasteiger partial charge in [0.15, 0.2) is 0 Å². The lowest BCUT2D eigenvalue weighted by atomic mass is 10.0. The molecule has 2 rings (SSSR count). The van der Waals surface area contributed by atoms with Gasteiger partial charge in [-0.3, -0.25) is 10.4 Å². The first-order valence-electron chi connectivity index (χ1n) is 6.70. The number of ether oxygens (including phenoxy) is 1. The molecule has 0 saturated heterocycles. The summed E-state index contributed by atoms with van der Waals surface area (Å²) < 4.78 is 5.64. The summed E-state index contributed by atoms with van der Waals surface area (Å²) in [4.78, 5) is 4.44. The Morgan fingerprint density at radius 2 is 2.26 bits per heavy atom. The molecule has 5 nitrogen and oxygen atoms in total. The van der Waals surface area contributed by atoms with Crippen molar-refractivity contribution in [1.29, 1.82) is 0 Å². The number of nitrogens with one attached hydrogen (secondary N) is 2. The Hall–Kier alpha value is -1.75. The van der Waals surface area contributed by atoms with Gasteiger partial charge in [-0.15, -0.1) is 0 Å². The van der Waals surface area contributed by atoms with E-state index in [1.165, 1.54) is 0 Å². The van der Waals surface area contributed by atoms with E-state index in [0.717, 1.165) is 24.3 Å². The predicted molar refractivity (Wildman–Crippen MR) is 76.9 cm³/mol. The maximum atomic E-state index is 5.64. The van der Waals surface area contributed by atoms with E-state index in [2.05, 4.69) is 35.6 Å². The van der Waals surface area contributed by atoms with Crippen molar-refractivity contribution in [2.75, 3.05) is 13.2 Å². The van der Waals surface area contributed by atoms with Gasteiger partial charge in [0.2, 0.25) is 5.96 Å². The Bertz CT molecular complexity index is 445. The van der Waals surface area contributed by atoms with Crippen molar-refractivity contribution in [3.63, 3.8) is 0 Å². The highest BCUT2D eigenvalue weighted by molar-refractivity contribution is 5.79. The van der Waals surface area contributed by atoms with Gasteiger partial charge in [-0.2, -0.15) is 0 Å². The normalized spacial score (nSPS) is 18.7. The molecule has 1 aliphatic heterocycles. The Morgan fingerprint density at radius 3 is 3.00 bits per heavy atom. The number of rotatable bonds is 3. The minimum Gasteiger partial charge on any atom is -0.493 e. The number of hydrogen-bond donors (Lipinski definition) is 3. The maximum absolute atomic E-state index is 5.64. The van der Waals surface area contributed by atoms with Gasteiger partial charge in [-0.1, -0.05) is 32.0 Å². The number of benzene rings is 1. The lowest BCUT2D eigenvalue weighted by Crippen LogP contribution is -2.44. The van der Waals surface area contributed by atoms with Crippen LogP contribution in [0.25, 0.3) is 0 Å².